The molecule has 1 fully saturated rings. The minimum atomic E-state index is -3.70. The fraction of sp³-hybridized carbons (Fsp3) is 0.381. The summed E-state index contributed by atoms with van der Waals surface area (Å²) in [6.07, 6.45) is 1.66. The maximum Gasteiger partial charge on any atom is 0.251 e. The fourth-order valence-electron chi connectivity index (χ4n) is 3.30. The van der Waals surface area contributed by atoms with Crippen molar-refractivity contribution in [2.75, 3.05) is 26.2 Å². The average Bonchev–Trinajstić information content (AvgIpc) is 3.22. The number of hydrogen-bond donors (Lipinski definition) is 1. The van der Waals surface area contributed by atoms with Gasteiger partial charge in [-0.3, -0.25) is 4.79 Å². The number of aryl methyl sites for hydroxylation is 2. The summed E-state index contributed by atoms with van der Waals surface area (Å²) in [6, 6.07) is 10.2. The summed E-state index contributed by atoms with van der Waals surface area (Å²) in [7, 11) is -3.70. The monoisotopic (exact) mass is 436 g/mol. The molecule has 1 heterocycles. The van der Waals surface area contributed by atoms with E-state index in [-0.39, 0.29) is 21.4 Å². The van der Waals surface area contributed by atoms with Crippen molar-refractivity contribution in [3.05, 3.63) is 58.1 Å². The average molecular weight is 437 g/mol. The molecule has 0 bridgehead atoms. The van der Waals surface area contributed by atoms with Crippen LogP contribution < -0.4 is 10.1 Å². The van der Waals surface area contributed by atoms with E-state index in [1.807, 2.05) is 32.0 Å². The summed E-state index contributed by atoms with van der Waals surface area (Å²) in [6.45, 7) is 5.54. The van der Waals surface area contributed by atoms with Crippen molar-refractivity contribution in [1.29, 1.82) is 0 Å². The van der Waals surface area contributed by atoms with Crippen LogP contribution in [0.2, 0.25) is 5.02 Å². The van der Waals surface area contributed by atoms with Gasteiger partial charge in [-0.2, -0.15) is 4.31 Å². The third-order valence-corrected chi connectivity index (χ3v) is 7.23. The molecule has 156 valence electrons. The number of halogens is 1. The second-order valence-electron chi connectivity index (χ2n) is 7.13. The van der Waals surface area contributed by atoms with Crippen LogP contribution in [0.3, 0.4) is 0 Å². The number of carbonyl (C=O) groups excluding carboxylic acids is 1. The summed E-state index contributed by atoms with van der Waals surface area (Å²) >= 11 is 6.13. The Hall–Kier alpha value is -2.09. The molecular formula is C21H25ClN2O4S. The predicted octanol–water partition coefficient (Wildman–Crippen LogP) is 3.55. The molecule has 1 N–H and O–H groups in total. The molecule has 1 saturated heterocycles. The Balaban J connectivity index is 1.62. The van der Waals surface area contributed by atoms with Crippen LogP contribution in [0.15, 0.2) is 41.3 Å². The highest BCUT2D eigenvalue weighted by Gasteiger charge is 2.29. The molecule has 0 aromatic heterocycles. The minimum absolute atomic E-state index is 0.0275. The van der Waals surface area contributed by atoms with E-state index in [1.54, 1.807) is 0 Å². The highest BCUT2D eigenvalue weighted by atomic mass is 35.5. The van der Waals surface area contributed by atoms with E-state index < -0.39 is 10.0 Å². The zero-order chi connectivity index (χ0) is 21.0. The Morgan fingerprint density at radius 2 is 1.86 bits per heavy atom. The highest BCUT2D eigenvalue weighted by molar-refractivity contribution is 7.89. The number of carbonyl (C=O) groups is 1. The van der Waals surface area contributed by atoms with Crippen molar-refractivity contribution in [2.24, 2.45) is 0 Å². The molecule has 0 unspecified atom stereocenters. The lowest BCUT2D eigenvalue weighted by atomic mass is 10.1. The smallest absolute Gasteiger partial charge is 0.251 e. The highest BCUT2D eigenvalue weighted by Crippen LogP contribution is 2.28. The number of rotatable bonds is 7. The second-order valence-corrected chi connectivity index (χ2v) is 9.44. The van der Waals surface area contributed by atoms with Gasteiger partial charge in [-0.15, -0.1) is 0 Å². The van der Waals surface area contributed by atoms with Gasteiger partial charge in [0.1, 0.15) is 17.3 Å². The Morgan fingerprint density at radius 1 is 1.14 bits per heavy atom. The molecule has 2 aromatic rings. The van der Waals surface area contributed by atoms with Crippen LogP contribution >= 0.6 is 11.6 Å². The number of nitrogens with one attached hydrogen (secondary N) is 1. The van der Waals surface area contributed by atoms with E-state index >= 15 is 0 Å². The van der Waals surface area contributed by atoms with Crippen LogP contribution in [0.1, 0.15) is 34.3 Å². The summed E-state index contributed by atoms with van der Waals surface area (Å²) in [5.41, 5.74) is 2.44. The lowest BCUT2D eigenvalue weighted by Gasteiger charge is -2.17. The third kappa shape index (κ3) is 5.10. The van der Waals surface area contributed by atoms with E-state index in [0.29, 0.717) is 26.2 Å². The van der Waals surface area contributed by atoms with Crippen molar-refractivity contribution in [3.63, 3.8) is 0 Å². The third-order valence-electron chi connectivity index (χ3n) is 4.85. The van der Waals surface area contributed by atoms with Crippen molar-refractivity contribution in [1.82, 2.24) is 9.62 Å². The first kappa shape index (κ1) is 21.6. The Kier molecular flexibility index (Phi) is 6.82. The number of hydrogen-bond acceptors (Lipinski definition) is 4. The molecule has 0 atom stereocenters. The quantitative estimate of drug-likeness (QED) is 0.673. The Bertz CT molecular complexity index is 1000. The Morgan fingerprint density at radius 3 is 2.55 bits per heavy atom. The number of sulfonamides is 1. The zero-order valence-corrected chi connectivity index (χ0v) is 18.1. The first-order chi connectivity index (χ1) is 13.8. The molecule has 8 heteroatoms. The number of nitrogens with zero attached hydrogens (tertiary/aromatic N) is 1. The summed E-state index contributed by atoms with van der Waals surface area (Å²) in [5.74, 6) is 0.402. The van der Waals surface area contributed by atoms with Gasteiger partial charge in [0.25, 0.3) is 5.91 Å². The van der Waals surface area contributed by atoms with Gasteiger partial charge in [-0.1, -0.05) is 29.3 Å². The molecule has 3 rings (SSSR count). The van der Waals surface area contributed by atoms with Crippen molar-refractivity contribution < 1.29 is 17.9 Å². The van der Waals surface area contributed by atoms with E-state index in [0.717, 1.165) is 29.7 Å². The lowest BCUT2D eigenvalue weighted by molar-refractivity contribution is 0.0946. The first-order valence-electron chi connectivity index (χ1n) is 9.57. The molecule has 2 aromatic carbocycles. The van der Waals surface area contributed by atoms with Gasteiger partial charge in [-0.05, 0) is 56.5 Å². The van der Waals surface area contributed by atoms with Gasteiger partial charge >= 0.3 is 0 Å². The van der Waals surface area contributed by atoms with Crippen LogP contribution in [0, 0.1) is 13.8 Å². The number of amides is 1. The van der Waals surface area contributed by atoms with Gasteiger partial charge in [-0.25, -0.2) is 8.42 Å². The van der Waals surface area contributed by atoms with Crippen molar-refractivity contribution >= 4 is 27.5 Å². The largest absolute Gasteiger partial charge is 0.491 e. The SMILES string of the molecule is Cc1ccc(OCCNC(=O)c2ccc(Cl)c(S(=O)(=O)N3CCCC3)c2)c(C)c1. The zero-order valence-electron chi connectivity index (χ0n) is 16.6. The Labute approximate surface area is 176 Å². The van der Waals surface area contributed by atoms with Crippen LogP contribution in [0.5, 0.6) is 5.75 Å². The van der Waals surface area contributed by atoms with E-state index in [2.05, 4.69) is 5.32 Å². The van der Waals surface area contributed by atoms with E-state index in [4.69, 9.17) is 16.3 Å². The number of benzene rings is 2. The predicted molar refractivity (Wildman–Crippen MR) is 113 cm³/mol. The van der Waals surface area contributed by atoms with Crippen LogP contribution in [0.4, 0.5) is 0 Å². The molecule has 1 aliphatic heterocycles. The van der Waals surface area contributed by atoms with Crippen LogP contribution in [0.25, 0.3) is 0 Å². The van der Waals surface area contributed by atoms with E-state index in [9.17, 15) is 13.2 Å². The summed E-state index contributed by atoms with van der Waals surface area (Å²) in [5, 5.41) is 2.87. The van der Waals surface area contributed by atoms with Gasteiger partial charge in [0.2, 0.25) is 10.0 Å². The van der Waals surface area contributed by atoms with Gasteiger partial charge in [0.05, 0.1) is 11.6 Å². The fourth-order valence-corrected chi connectivity index (χ4v) is 5.32. The number of ether oxygens (including phenoxy) is 1. The molecule has 0 aliphatic carbocycles. The molecule has 0 spiro atoms. The van der Waals surface area contributed by atoms with Gasteiger partial charge in [0, 0.05) is 18.7 Å². The lowest BCUT2D eigenvalue weighted by Crippen LogP contribution is -2.30. The maximum atomic E-state index is 12.8. The minimum Gasteiger partial charge on any atom is -0.491 e. The molecule has 1 amide bonds. The molecule has 29 heavy (non-hydrogen) atoms. The molecule has 0 radical (unpaired) electrons. The second kappa shape index (κ2) is 9.15. The van der Waals surface area contributed by atoms with Crippen LogP contribution in [-0.4, -0.2) is 44.9 Å². The molecular weight excluding hydrogens is 412 g/mol. The maximum absolute atomic E-state index is 12.8. The van der Waals surface area contributed by atoms with E-state index in [1.165, 1.54) is 22.5 Å². The van der Waals surface area contributed by atoms with Crippen molar-refractivity contribution in [2.45, 2.75) is 31.6 Å². The van der Waals surface area contributed by atoms with Gasteiger partial charge < -0.3 is 10.1 Å². The molecule has 6 nitrogen and oxygen atoms in total. The summed E-state index contributed by atoms with van der Waals surface area (Å²) in [4.78, 5) is 12.4. The van der Waals surface area contributed by atoms with Gasteiger partial charge in [0.15, 0.2) is 0 Å². The first-order valence-corrected chi connectivity index (χ1v) is 11.4. The van der Waals surface area contributed by atoms with Crippen LogP contribution in [-0.2, 0) is 10.0 Å². The normalized spacial score (nSPS) is 14.7. The van der Waals surface area contributed by atoms with Crippen molar-refractivity contribution in [3.8, 4) is 5.75 Å². The summed E-state index contributed by atoms with van der Waals surface area (Å²) < 4.78 is 32.7. The molecule has 1 aliphatic rings. The molecule has 0 saturated carbocycles. The topological polar surface area (TPSA) is 75.7 Å². The standard InChI is InChI=1S/C21H25ClN2O4S/c1-15-5-8-19(16(2)13-15)28-12-9-23-21(25)17-6-7-18(22)20(14-17)29(26,27)24-10-3-4-11-24/h5-8,13-14H,3-4,9-12H2,1-2H3,(H,23,25).